The molecule has 2 aromatic rings. The molecule has 2 aliphatic rings. The van der Waals surface area contributed by atoms with E-state index in [0.717, 1.165) is 32.1 Å². The highest BCUT2D eigenvalue weighted by Crippen LogP contribution is 2.41. The highest BCUT2D eigenvalue weighted by Gasteiger charge is 2.43. The van der Waals surface area contributed by atoms with Gasteiger partial charge in [-0.25, -0.2) is 9.97 Å². The van der Waals surface area contributed by atoms with Crippen molar-refractivity contribution in [2.45, 2.75) is 64.0 Å². The van der Waals surface area contributed by atoms with E-state index in [-0.39, 0.29) is 17.0 Å². The number of nitrogens with one attached hydrogen (secondary N) is 2. The summed E-state index contributed by atoms with van der Waals surface area (Å²) < 4.78 is 5.71. The van der Waals surface area contributed by atoms with E-state index >= 15 is 0 Å². The molecule has 6 heteroatoms. The first-order valence-electron chi connectivity index (χ1n) is 8.30. The normalized spacial score (nSPS) is 20.3. The van der Waals surface area contributed by atoms with Gasteiger partial charge in [-0.3, -0.25) is 4.79 Å². The average molecular weight is 314 g/mol. The summed E-state index contributed by atoms with van der Waals surface area (Å²) in [6.07, 6.45) is 6.74. The molecule has 2 N–H and O–H groups in total. The molecular weight excluding hydrogens is 292 g/mol. The van der Waals surface area contributed by atoms with Crippen molar-refractivity contribution >= 4 is 22.8 Å². The van der Waals surface area contributed by atoms with Crippen molar-refractivity contribution in [3.05, 3.63) is 17.7 Å². The molecule has 0 bridgehead atoms. The van der Waals surface area contributed by atoms with Gasteiger partial charge in [0.1, 0.15) is 17.9 Å². The molecule has 0 aliphatic heterocycles. The minimum Gasteiger partial charge on any atom is -0.442 e. The Morgan fingerprint density at radius 2 is 2.04 bits per heavy atom. The predicted octanol–water partition coefficient (Wildman–Crippen LogP) is 3.17. The summed E-state index contributed by atoms with van der Waals surface area (Å²) >= 11 is 0. The van der Waals surface area contributed by atoms with Gasteiger partial charge in [-0.15, -0.1) is 0 Å². The molecule has 2 aromatic heterocycles. The number of carbonyl (C=O) groups excluding carboxylic acids is 1. The van der Waals surface area contributed by atoms with Crippen LogP contribution in [0, 0.1) is 6.92 Å². The molecule has 1 amide bonds. The molecule has 0 radical (unpaired) electrons. The van der Waals surface area contributed by atoms with Crippen LogP contribution in [0.1, 0.15) is 62.1 Å². The lowest BCUT2D eigenvalue weighted by Gasteiger charge is -2.16. The summed E-state index contributed by atoms with van der Waals surface area (Å²) in [5.41, 5.74) is 1.07. The van der Waals surface area contributed by atoms with E-state index < -0.39 is 0 Å². The van der Waals surface area contributed by atoms with Gasteiger partial charge in [0.2, 0.25) is 5.71 Å². The van der Waals surface area contributed by atoms with Crippen LogP contribution >= 0.6 is 0 Å². The summed E-state index contributed by atoms with van der Waals surface area (Å²) in [7, 11) is 0. The van der Waals surface area contributed by atoms with E-state index in [4.69, 9.17) is 4.42 Å². The first-order chi connectivity index (χ1) is 11.0. The van der Waals surface area contributed by atoms with Crippen LogP contribution in [0.15, 0.2) is 10.7 Å². The maximum Gasteiger partial charge on any atom is 0.256 e. The maximum atomic E-state index is 12.8. The van der Waals surface area contributed by atoms with E-state index in [1.165, 1.54) is 6.33 Å². The SMILES string of the molecule is CCC1(NC(=O)c2c(C)oc3ncnc(NC4(C)CC4)c23)CC1. The molecular formula is C17H22N4O2. The van der Waals surface area contributed by atoms with Crippen LogP contribution in [-0.4, -0.2) is 27.0 Å². The van der Waals surface area contributed by atoms with Gasteiger partial charge in [0, 0.05) is 11.1 Å². The lowest BCUT2D eigenvalue weighted by atomic mass is 10.1. The summed E-state index contributed by atoms with van der Waals surface area (Å²) in [4.78, 5) is 21.4. The van der Waals surface area contributed by atoms with Crippen molar-refractivity contribution < 1.29 is 9.21 Å². The first kappa shape index (κ1) is 14.5. The van der Waals surface area contributed by atoms with Gasteiger partial charge in [-0.05, 0) is 46.0 Å². The largest absolute Gasteiger partial charge is 0.442 e. The molecule has 0 saturated heterocycles. The molecule has 0 atom stereocenters. The average Bonchev–Trinajstić information content (AvgIpc) is 3.40. The van der Waals surface area contributed by atoms with E-state index in [1.807, 2.05) is 6.92 Å². The molecule has 0 spiro atoms. The molecule has 2 aliphatic carbocycles. The Morgan fingerprint density at radius 3 is 2.65 bits per heavy atom. The van der Waals surface area contributed by atoms with Crippen molar-refractivity contribution in [1.29, 1.82) is 0 Å². The van der Waals surface area contributed by atoms with Crippen LogP contribution in [0.5, 0.6) is 0 Å². The van der Waals surface area contributed by atoms with E-state index in [1.54, 1.807) is 0 Å². The Balaban J connectivity index is 1.75. The summed E-state index contributed by atoms with van der Waals surface area (Å²) in [6.45, 7) is 6.08. The van der Waals surface area contributed by atoms with E-state index in [9.17, 15) is 4.79 Å². The summed E-state index contributed by atoms with van der Waals surface area (Å²) in [5.74, 6) is 1.20. The molecule has 4 rings (SSSR count). The van der Waals surface area contributed by atoms with Crippen molar-refractivity contribution in [3.8, 4) is 0 Å². The Hall–Kier alpha value is -2.11. The minimum atomic E-state index is -0.0839. The molecule has 0 unspecified atom stereocenters. The van der Waals surface area contributed by atoms with Crippen LogP contribution < -0.4 is 10.6 Å². The standard InChI is InChI=1S/C17H22N4O2/c1-4-17(7-8-17)21-14(22)11-10(2)23-15-12(11)13(18-9-19-15)20-16(3)5-6-16/h9H,4-8H2,1-3H3,(H,21,22)(H,18,19,20). The predicted molar refractivity (Wildman–Crippen MR) is 87.5 cm³/mol. The zero-order chi connectivity index (χ0) is 16.2. The number of anilines is 1. The molecule has 23 heavy (non-hydrogen) atoms. The zero-order valence-corrected chi connectivity index (χ0v) is 13.8. The van der Waals surface area contributed by atoms with Gasteiger partial charge in [-0.1, -0.05) is 6.92 Å². The fraction of sp³-hybridized carbons (Fsp3) is 0.588. The fourth-order valence-electron chi connectivity index (χ4n) is 3.03. The maximum absolute atomic E-state index is 12.8. The summed E-state index contributed by atoms with van der Waals surface area (Å²) in [6, 6.07) is 0. The van der Waals surface area contributed by atoms with Crippen LogP contribution in [0.4, 0.5) is 5.82 Å². The fourth-order valence-corrected chi connectivity index (χ4v) is 3.03. The third-order valence-corrected chi connectivity index (χ3v) is 5.22. The number of fused-ring (bicyclic) bond motifs is 1. The van der Waals surface area contributed by atoms with Gasteiger partial charge in [0.25, 0.3) is 5.91 Å². The van der Waals surface area contributed by atoms with Crippen molar-refractivity contribution in [3.63, 3.8) is 0 Å². The van der Waals surface area contributed by atoms with Gasteiger partial charge in [-0.2, -0.15) is 0 Å². The number of aryl methyl sites for hydroxylation is 1. The van der Waals surface area contributed by atoms with Crippen molar-refractivity contribution in [1.82, 2.24) is 15.3 Å². The van der Waals surface area contributed by atoms with Gasteiger partial charge < -0.3 is 15.1 Å². The number of nitrogens with zero attached hydrogens (tertiary/aromatic N) is 2. The number of furan rings is 1. The molecule has 122 valence electrons. The van der Waals surface area contributed by atoms with E-state index in [2.05, 4.69) is 34.4 Å². The number of carbonyl (C=O) groups is 1. The third-order valence-electron chi connectivity index (χ3n) is 5.22. The number of amides is 1. The summed E-state index contributed by atoms with van der Waals surface area (Å²) in [5, 5.41) is 7.32. The molecule has 6 nitrogen and oxygen atoms in total. The molecule has 2 fully saturated rings. The monoisotopic (exact) mass is 314 g/mol. The third kappa shape index (κ3) is 2.46. The second-order valence-corrected chi connectivity index (χ2v) is 7.21. The highest BCUT2D eigenvalue weighted by molar-refractivity contribution is 6.10. The van der Waals surface area contributed by atoms with Gasteiger partial charge >= 0.3 is 0 Å². The van der Waals surface area contributed by atoms with Crippen LogP contribution in [0.25, 0.3) is 11.1 Å². The molecule has 2 heterocycles. The quantitative estimate of drug-likeness (QED) is 0.886. The van der Waals surface area contributed by atoms with Crippen LogP contribution in [0.2, 0.25) is 0 Å². The smallest absolute Gasteiger partial charge is 0.256 e. The number of hydrogen-bond acceptors (Lipinski definition) is 5. The van der Waals surface area contributed by atoms with Crippen LogP contribution in [0.3, 0.4) is 0 Å². The first-order valence-corrected chi connectivity index (χ1v) is 8.30. The molecule has 2 saturated carbocycles. The van der Waals surface area contributed by atoms with E-state index in [0.29, 0.717) is 28.2 Å². The minimum absolute atomic E-state index is 0.0290. The Kier molecular flexibility index (Phi) is 2.95. The lowest BCUT2D eigenvalue weighted by Crippen LogP contribution is -2.36. The Morgan fingerprint density at radius 1 is 1.30 bits per heavy atom. The Bertz CT molecular complexity index is 787. The highest BCUT2D eigenvalue weighted by atomic mass is 16.3. The number of rotatable bonds is 5. The second-order valence-electron chi connectivity index (χ2n) is 7.21. The van der Waals surface area contributed by atoms with Gasteiger partial charge in [0.05, 0.1) is 10.9 Å². The topological polar surface area (TPSA) is 80.1 Å². The zero-order valence-electron chi connectivity index (χ0n) is 13.8. The Labute approximate surface area is 135 Å². The number of aromatic nitrogens is 2. The second kappa shape index (κ2) is 4.69. The van der Waals surface area contributed by atoms with Crippen molar-refractivity contribution in [2.75, 3.05) is 5.32 Å². The van der Waals surface area contributed by atoms with Gasteiger partial charge in [0.15, 0.2) is 0 Å². The lowest BCUT2D eigenvalue weighted by molar-refractivity contribution is 0.0930. The van der Waals surface area contributed by atoms with Crippen molar-refractivity contribution in [2.24, 2.45) is 0 Å². The number of hydrogen-bond donors (Lipinski definition) is 2. The molecule has 0 aromatic carbocycles. The van der Waals surface area contributed by atoms with Crippen LogP contribution in [-0.2, 0) is 0 Å².